The number of aromatic amines is 1. The Balaban J connectivity index is 1.71. The number of hydrogen-bond donors (Lipinski definition) is 3. The monoisotopic (exact) mass is 450 g/mol. The zero-order valence-corrected chi connectivity index (χ0v) is 17.5. The van der Waals surface area contributed by atoms with Gasteiger partial charge in [0.1, 0.15) is 0 Å². The first-order valence-electron chi connectivity index (χ1n) is 10.0. The van der Waals surface area contributed by atoms with E-state index < -0.39 is 29.3 Å². The number of para-hydroxylation sites is 1. The summed E-state index contributed by atoms with van der Waals surface area (Å²) < 4.78 is 13.3. The largest absolute Gasteiger partial charge is 0.370 e. The molecule has 3 rings (SSSR count). The fourth-order valence-corrected chi connectivity index (χ4v) is 3.50. The summed E-state index contributed by atoms with van der Waals surface area (Å²) in [5.74, 6) is -3.17. The third-order valence-corrected chi connectivity index (χ3v) is 5.41. The van der Waals surface area contributed by atoms with Gasteiger partial charge in [-0.1, -0.05) is 42.6 Å². The van der Waals surface area contributed by atoms with Crippen molar-refractivity contribution in [1.29, 1.82) is 0 Å². The summed E-state index contributed by atoms with van der Waals surface area (Å²) in [5.41, 5.74) is 6.22. The summed E-state index contributed by atoms with van der Waals surface area (Å²) in [7, 11) is 0. The first kappa shape index (κ1) is 22.7. The molecule has 166 valence electrons. The number of primary amides is 1. The van der Waals surface area contributed by atoms with Crippen LogP contribution in [0.2, 0.25) is 0 Å². The molecule has 0 radical (unpaired) electrons. The van der Waals surface area contributed by atoms with Crippen molar-refractivity contribution in [1.82, 2.24) is 15.4 Å². The third kappa shape index (κ3) is 6.27. The topological polar surface area (TPSA) is 125 Å². The number of Topliss-reactive ketones (excluding diaryl/α,β-unsaturated/α-hetero) is 1. The lowest BCUT2D eigenvalue weighted by Crippen LogP contribution is -2.51. The molecule has 1 saturated carbocycles. The molecule has 1 aromatic heterocycles. The number of carbonyl (C=O) groups is 4. The lowest BCUT2D eigenvalue weighted by Gasteiger charge is -2.25. The average Bonchev–Trinajstić information content (AvgIpc) is 3.43. The Morgan fingerprint density at radius 3 is 2.58 bits per heavy atom. The molecule has 1 aliphatic carbocycles. The fourth-order valence-electron chi connectivity index (χ4n) is 3.38. The zero-order chi connectivity index (χ0) is 22.5. The smallest absolute Gasteiger partial charge is 0.291 e. The molecule has 1 unspecified atom stereocenters. The quantitative estimate of drug-likeness (QED) is 0.292. The Kier molecular flexibility index (Phi) is 7.27. The summed E-state index contributed by atoms with van der Waals surface area (Å²) in [6, 6.07) is 9.16. The number of alkyl halides is 2. The highest BCUT2D eigenvalue weighted by Crippen LogP contribution is 2.36. The lowest BCUT2D eigenvalue weighted by molar-refractivity contribution is -0.145. The summed E-state index contributed by atoms with van der Waals surface area (Å²) >= 11 is 5.22. The number of amides is 3. The number of aromatic nitrogens is 1. The lowest BCUT2D eigenvalue weighted by atomic mass is 9.94. The van der Waals surface area contributed by atoms with E-state index in [2.05, 4.69) is 10.4 Å². The van der Waals surface area contributed by atoms with Gasteiger partial charge in [0, 0.05) is 29.7 Å². The van der Waals surface area contributed by atoms with E-state index in [0.29, 0.717) is 23.0 Å². The molecule has 1 heterocycles. The molecule has 2 atom stereocenters. The van der Waals surface area contributed by atoms with Crippen LogP contribution in [0.25, 0.3) is 10.9 Å². The van der Waals surface area contributed by atoms with E-state index in [9.17, 15) is 23.6 Å². The van der Waals surface area contributed by atoms with Gasteiger partial charge in [-0.05, 0) is 24.5 Å². The fraction of sp³-hybridized carbons (Fsp3) is 0.429. The number of halogens is 2. The molecule has 3 amide bonds. The van der Waals surface area contributed by atoms with Gasteiger partial charge in [-0.25, -0.2) is 9.40 Å². The molecule has 31 heavy (non-hydrogen) atoms. The van der Waals surface area contributed by atoms with Gasteiger partial charge in [0.05, 0.1) is 12.2 Å². The van der Waals surface area contributed by atoms with Crippen molar-refractivity contribution in [3.8, 4) is 0 Å². The minimum absolute atomic E-state index is 0.0765. The predicted molar refractivity (Wildman–Crippen MR) is 112 cm³/mol. The molecule has 0 aliphatic heterocycles. The second-order valence-electron chi connectivity index (χ2n) is 7.76. The van der Waals surface area contributed by atoms with Gasteiger partial charge in [0.2, 0.25) is 11.8 Å². The van der Waals surface area contributed by atoms with Crippen LogP contribution in [0.15, 0.2) is 30.3 Å². The van der Waals surface area contributed by atoms with E-state index in [0.717, 1.165) is 23.7 Å². The van der Waals surface area contributed by atoms with Gasteiger partial charge >= 0.3 is 0 Å². The van der Waals surface area contributed by atoms with E-state index in [1.165, 1.54) is 0 Å². The second-order valence-corrected chi connectivity index (χ2v) is 8.14. The standard InChI is InChI=1S/C21H24ClFN4O4/c22-19(23)21(31)27(8-7-18(24)29)26-20(30)14(9-12-5-6-12)11-17(28)16-10-13-3-1-2-4-15(13)25-16/h1-4,10,12,14,19,25H,5-9,11H2,(H2,24,29)(H,26,30)/t14-,19?/m1/s1. The Morgan fingerprint density at radius 1 is 1.26 bits per heavy atom. The van der Waals surface area contributed by atoms with Crippen molar-refractivity contribution in [2.75, 3.05) is 6.54 Å². The molecule has 10 heteroatoms. The number of benzene rings is 1. The normalized spacial score (nSPS) is 15.3. The number of nitrogens with zero attached hydrogens (tertiary/aromatic N) is 1. The SMILES string of the molecule is NC(=O)CCN(NC(=O)[C@@H](CC(=O)c1cc2ccccc2[nH]1)CC1CC1)C(=O)C(F)Cl. The van der Waals surface area contributed by atoms with E-state index in [1.807, 2.05) is 24.3 Å². The van der Waals surface area contributed by atoms with Crippen molar-refractivity contribution in [3.05, 3.63) is 36.0 Å². The first-order chi connectivity index (χ1) is 14.7. The number of fused-ring (bicyclic) bond motifs is 1. The van der Waals surface area contributed by atoms with Crippen LogP contribution in [0.4, 0.5) is 4.39 Å². The Labute approximate surface area is 183 Å². The number of hydrazine groups is 1. The minimum Gasteiger partial charge on any atom is -0.370 e. The second kappa shape index (κ2) is 9.91. The van der Waals surface area contributed by atoms with Crippen LogP contribution >= 0.6 is 11.6 Å². The van der Waals surface area contributed by atoms with Crippen LogP contribution in [0.5, 0.6) is 0 Å². The number of hydrogen-bond acceptors (Lipinski definition) is 4. The molecule has 4 N–H and O–H groups in total. The Hall–Kier alpha value is -2.94. The molecule has 1 fully saturated rings. The van der Waals surface area contributed by atoms with Crippen LogP contribution < -0.4 is 11.2 Å². The summed E-state index contributed by atoms with van der Waals surface area (Å²) in [5, 5.41) is 1.53. The van der Waals surface area contributed by atoms with E-state index in [-0.39, 0.29) is 25.2 Å². The maximum absolute atomic E-state index is 13.3. The Bertz CT molecular complexity index is 956. The summed E-state index contributed by atoms with van der Waals surface area (Å²) in [6.07, 6.45) is 2.03. The van der Waals surface area contributed by atoms with E-state index in [1.54, 1.807) is 6.07 Å². The molecule has 0 spiro atoms. The Morgan fingerprint density at radius 2 is 1.97 bits per heavy atom. The number of H-pyrrole nitrogens is 1. The number of rotatable bonds is 10. The van der Waals surface area contributed by atoms with Crippen LogP contribution in [-0.4, -0.2) is 45.7 Å². The van der Waals surface area contributed by atoms with Crippen molar-refractivity contribution in [2.45, 2.75) is 37.7 Å². The van der Waals surface area contributed by atoms with Crippen molar-refractivity contribution in [3.63, 3.8) is 0 Å². The average molecular weight is 451 g/mol. The highest BCUT2D eigenvalue weighted by Gasteiger charge is 2.33. The predicted octanol–water partition coefficient (Wildman–Crippen LogP) is 2.43. The van der Waals surface area contributed by atoms with Crippen LogP contribution in [0, 0.1) is 11.8 Å². The molecule has 1 aromatic carbocycles. The van der Waals surface area contributed by atoms with Crippen LogP contribution in [0.3, 0.4) is 0 Å². The molecule has 8 nitrogen and oxygen atoms in total. The summed E-state index contributed by atoms with van der Waals surface area (Å²) in [4.78, 5) is 51.8. The maximum Gasteiger partial charge on any atom is 0.291 e. The number of ketones is 1. The molecular formula is C21H24ClFN4O4. The number of nitrogens with two attached hydrogens (primary N) is 1. The van der Waals surface area contributed by atoms with Gasteiger partial charge in [0.25, 0.3) is 11.5 Å². The minimum atomic E-state index is -2.39. The van der Waals surface area contributed by atoms with Crippen molar-refractivity contribution >= 4 is 46.0 Å². The number of carbonyl (C=O) groups excluding carboxylic acids is 4. The number of nitrogens with one attached hydrogen (secondary N) is 2. The van der Waals surface area contributed by atoms with Crippen molar-refractivity contribution in [2.24, 2.45) is 17.6 Å². The summed E-state index contributed by atoms with van der Waals surface area (Å²) in [6.45, 7) is -0.320. The highest BCUT2D eigenvalue weighted by atomic mass is 35.5. The van der Waals surface area contributed by atoms with Crippen molar-refractivity contribution < 1.29 is 23.6 Å². The molecule has 2 aromatic rings. The maximum atomic E-state index is 13.3. The first-order valence-corrected chi connectivity index (χ1v) is 10.5. The van der Waals surface area contributed by atoms with Gasteiger partial charge in [0.15, 0.2) is 5.78 Å². The van der Waals surface area contributed by atoms with Gasteiger partial charge in [-0.3, -0.25) is 24.6 Å². The van der Waals surface area contributed by atoms with E-state index >= 15 is 0 Å². The third-order valence-electron chi connectivity index (χ3n) is 5.23. The molecule has 0 saturated heterocycles. The highest BCUT2D eigenvalue weighted by molar-refractivity contribution is 6.29. The van der Waals surface area contributed by atoms with Crippen LogP contribution in [0.1, 0.15) is 42.6 Å². The van der Waals surface area contributed by atoms with Gasteiger partial charge in [-0.15, -0.1) is 0 Å². The van der Waals surface area contributed by atoms with Gasteiger partial charge < -0.3 is 10.7 Å². The zero-order valence-electron chi connectivity index (χ0n) is 16.8. The molecular weight excluding hydrogens is 427 g/mol. The van der Waals surface area contributed by atoms with Crippen LogP contribution in [-0.2, 0) is 14.4 Å². The molecule has 1 aliphatic rings. The molecule has 0 bridgehead atoms. The van der Waals surface area contributed by atoms with E-state index in [4.69, 9.17) is 17.3 Å². The van der Waals surface area contributed by atoms with Gasteiger partial charge in [-0.2, -0.15) is 0 Å².